The minimum Gasteiger partial charge on any atom is -0.329 e. The lowest BCUT2D eigenvalue weighted by atomic mass is 10.2. The summed E-state index contributed by atoms with van der Waals surface area (Å²) >= 11 is 1.95. The van der Waals surface area contributed by atoms with E-state index in [-0.39, 0.29) is 0 Å². The van der Waals surface area contributed by atoms with Crippen molar-refractivity contribution in [2.45, 2.75) is 24.3 Å². The van der Waals surface area contributed by atoms with Crippen LogP contribution in [0.5, 0.6) is 0 Å². The molecule has 0 aliphatic heterocycles. The Morgan fingerprint density at radius 1 is 1.31 bits per heavy atom. The van der Waals surface area contributed by atoms with Crippen LogP contribution in [-0.4, -0.2) is 11.8 Å². The van der Waals surface area contributed by atoms with Gasteiger partial charge in [0, 0.05) is 17.5 Å². The minimum absolute atomic E-state index is 0.611. The molecule has 0 amide bonds. The van der Waals surface area contributed by atoms with Gasteiger partial charge in [0.1, 0.15) is 0 Å². The average Bonchev–Trinajstić information content (AvgIpc) is 2.21. The lowest BCUT2D eigenvalue weighted by molar-refractivity contribution is 0.826. The normalized spacial score (nSPS) is 12.8. The predicted octanol–water partition coefficient (Wildman–Crippen LogP) is 2.66. The van der Waals surface area contributed by atoms with E-state index >= 15 is 0 Å². The number of rotatable bonds is 5. The van der Waals surface area contributed by atoms with Gasteiger partial charge in [-0.3, -0.25) is 0 Å². The molecule has 1 rings (SSSR count). The van der Waals surface area contributed by atoms with Crippen molar-refractivity contribution in [3.8, 4) is 0 Å². The molecule has 0 radical (unpaired) electrons. The maximum Gasteiger partial charge on any atom is 0.0187 e. The van der Waals surface area contributed by atoms with Crippen molar-refractivity contribution in [3.05, 3.63) is 35.9 Å². The molecule has 0 aromatic heterocycles. The van der Waals surface area contributed by atoms with E-state index in [2.05, 4.69) is 37.3 Å². The Balaban J connectivity index is 2.34. The summed E-state index contributed by atoms with van der Waals surface area (Å²) in [5, 5.41) is 0.611. The molecule has 0 spiro atoms. The van der Waals surface area contributed by atoms with E-state index in [9.17, 15) is 0 Å². The lowest BCUT2D eigenvalue weighted by Crippen LogP contribution is -2.15. The van der Waals surface area contributed by atoms with Crippen LogP contribution in [0, 0.1) is 0 Å². The van der Waals surface area contributed by atoms with Crippen molar-refractivity contribution >= 4 is 11.8 Å². The van der Waals surface area contributed by atoms with Crippen molar-refractivity contribution in [1.29, 1.82) is 0 Å². The highest BCUT2D eigenvalue weighted by Gasteiger charge is 2.03. The minimum atomic E-state index is 0.611. The molecule has 0 bridgehead atoms. The van der Waals surface area contributed by atoms with Crippen LogP contribution in [0.25, 0.3) is 0 Å². The first-order chi connectivity index (χ1) is 6.36. The molecule has 72 valence electrons. The van der Waals surface area contributed by atoms with Crippen LogP contribution in [0.1, 0.15) is 18.9 Å². The van der Waals surface area contributed by atoms with E-state index in [0.717, 1.165) is 18.7 Å². The maximum absolute atomic E-state index is 5.63. The Morgan fingerprint density at radius 3 is 2.54 bits per heavy atom. The van der Waals surface area contributed by atoms with Gasteiger partial charge in [-0.15, -0.1) is 0 Å². The van der Waals surface area contributed by atoms with Gasteiger partial charge in [0.25, 0.3) is 0 Å². The second-order valence-corrected chi connectivity index (χ2v) is 4.35. The SMILES string of the molecule is CCC(CN)SCc1ccccc1. The zero-order valence-electron chi connectivity index (χ0n) is 8.07. The fourth-order valence-corrected chi connectivity index (χ4v) is 2.13. The van der Waals surface area contributed by atoms with Gasteiger partial charge in [-0.05, 0) is 12.0 Å². The number of benzene rings is 1. The van der Waals surface area contributed by atoms with Crippen LogP contribution in [0.3, 0.4) is 0 Å². The third kappa shape index (κ3) is 3.83. The van der Waals surface area contributed by atoms with Crippen LogP contribution < -0.4 is 5.73 Å². The smallest absolute Gasteiger partial charge is 0.0187 e. The van der Waals surface area contributed by atoms with E-state index in [1.807, 2.05) is 11.8 Å². The first-order valence-electron chi connectivity index (χ1n) is 4.72. The van der Waals surface area contributed by atoms with Crippen LogP contribution >= 0.6 is 11.8 Å². The summed E-state index contributed by atoms with van der Waals surface area (Å²) in [6.07, 6.45) is 1.16. The van der Waals surface area contributed by atoms with Crippen molar-refractivity contribution in [1.82, 2.24) is 0 Å². The van der Waals surface area contributed by atoms with Crippen molar-refractivity contribution < 1.29 is 0 Å². The average molecular weight is 195 g/mol. The Labute approximate surface area is 84.7 Å². The first-order valence-corrected chi connectivity index (χ1v) is 5.77. The standard InChI is InChI=1S/C11H17NS/c1-2-11(8-12)13-9-10-6-4-3-5-7-10/h3-7,11H,2,8-9,12H2,1H3. The quantitative estimate of drug-likeness (QED) is 0.781. The summed E-state index contributed by atoms with van der Waals surface area (Å²) in [7, 11) is 0. The zero-order chi connectivity index (χ0) is 9.52. The molecule has 1 aromatic carbocycles. The molecule has 1 unspecified atom stereocenters. The molecule has 0 aliphatic carbocycles. The van der Waals surface area contributed by atoms with Crippen LogP contribution in [0.15, 0.2) is 30.3 Å². The van der Waals surface area contributed by atoms with E-state index < -0.39 is 0 Å². The predicted molar refractivity (Wildman–Crippen MR) is 60.9 cm³/mol. The number of hydrogen-bond acceptors (Lipinski definition) is 2. The van der Waals surface area contributed by atoms with E-state index in [4.69, 9.17) is 5.73 Å². The molecule has 1 aromatic rings. The van der Waals surface area contributed by atoms with Gasteiger partial charge in [-0.25, -0.2) is 0 Å². The monoisotopic (exact) mass is 195 g/mol. The third-order valence-corrected chi connectivity index (χ3v) is 3.54. The van der Waals surface area contributed by atoms with E-state index in [1.165, 1.54) is 5.56 Å². The molecule has 0 saturated carbocycles. The van der Waals surface area contributed by atoms with Crippen LogP contribution in [-0.2, 0) is 5.75 Å². The van der Waals surface area contributed by atoms with Crippen molar-refractivity contribution in [3.63, 3.8) is 0 Å². The van der Waals surface area contributed by atoms with Gasteiger partial charge in [0.05, 0.1) is 0 Å². The number of hydrogen-bond donors (Lipinski definition) is 1. The highest BCUT2D eigenvalue weighted by molar-refractivity contribution is 7.99. The van der Waals surface area contributed by atoms with Gasteiger partial charge in [-0.2, -0.15) is 11.8 Å². The van der Waals surface area contributed by atoms with Gasteiger partial charge in [0.15, 0.2) is 0 Å². The molecule has 0 saturated heterocycles. The maximum atomic E-state index is 5.63. The first kappa shape index (κ1) is 10.6. The van der Waals surface area contributed by atoms with Crippen LogP contribution in [0.4, 0.5) is 0 Å². The summed E-state index contributed by atoms with van der Waals surface area (Å²) in [6.45, 7) is 2.98. The second-order valence-electron chi connectivity index (χ2n) is 3.06. The molecule has 13 heavy (non-hydrogen) atoms. The van der Waals surface area contributed by atoms with Crippen molar-refractivity contribution in [2.24, 2.45) is 5.73 Å². The lowest BCUT2D eigenvalue weighted by Gasteiger charge is -2.11. The molecule has 0 fully saturated rings. The summed E-state index contributed by atoms with van der Waals surface area (Å²) in [5.41, 5.74) is 7.01. The molecular weight excluding hydrogens is 178 g/mol. The third-order valence-electron chi connectivity index (χ3n) is 2.05. The topological polar surface area (TPSA) is 26.0 Å². The van der Waals surface area contributed by atoms with E-state index in [1.54, 1.807) is 0 Å². The Kier molecular flexibility index (Phi) is 4.94. The molecule has 1 nitrogen and oxygen atoms in total. The summed E-state index contributed by atoms with van der Waals surface area (Å²) < 4.78 is 0. The summed E-state index contributed by atoms with van der Waals surface area (Å²) in [4.78, 5) is 0. The van der Waals surface area contributed by atoms with Gasteiger partial charge in [-0.1, -0.05) is 37.3 Å². The fourth-order valence-electron chi connectivity index (χ4n) is 1.14. The van der Waals surface area contributed by atoms with Gasteiger partial charge >= 0.3 is 0 Å². The largest absolute Gasteiger partial charge is 0.329 e. The highest BCUT2D eigenvalue weighted by Crippen LogP contribution is 2.18. The number of nitrogens with two attached hydrogens (primary N) is 1. The zero-order valence-corrected chi connectivity index (χ0v) is 8.89. The van der Waals surface area contributed by atoms with E-state index in [0.29, 0.717) is 5.25 Å². The summed E-state index contributed by atoms with van der Waals surface area (Å²) in [5.74, 6) is 1.08. The summed E-state index contributed by atoms with van der Waals surface area (Å²) in [6, 6.07) is 10.5. The van der Waals surface area contributed by atoms with Crippen molar-refractivity contribution in [2.75, 3.05) is 6.54 Å². The van der Waals surface area contributed by atoms with Crippen LogP contribution in [0.2, 0.25) is 0 Å². The second kappa shape index (κ2) is 6.06. The van der Waals surface area contributed by atoms with Gasteiger partial charge in [0.2, 0.25) is 0 Å². The fraction of sp³-hybridized carbons (Fsp3) is 0.455. The number of thioether (sulfide) groups is 1. The Hall–Kier alpha value is -0.470. The molecular formula is C11H17NS. The molecule has 0 aliphatic rings. The Bertz CT molecular complexity index is 219. The molecule has 2 heteroatoms. The molecule has 1 atom stereocenters. The molecule has 0 heterocycles. The van der Waals surface area contributed by atoms with Gasteiger partial charge < -0.3 is 5.73 Å². The molecule has 2 N–H and O–H groups in total. The highest BCUT2D eigenvalue weighted by atomic mass is 32.2. The Morgan fingerprint density at radius 2 is 2.00 bits per heavy atom.